The Balaban J connectivity index is 1.44. The SMILES string of the molecule is O=C1CS[C@@H](c2ccccc2)N1Nc1nc(N2CCCCC2)nc(N2CCCCC2)n1. The van der Waals surface area contributed by atoms with Crippen LogP contribution in [0, 0.1) is 0 Å². The van der Waals surface area contributed by atoms with E-state index in [4.69, 9.17) is 15.0 Å². The molecular weight excluding hydrogens is 410 g/mol. The molecule has 1 N–H and O–H groups in total. The number of nitrogens with one attached hydrogen (secondary N) is 1. The number of carbonyl (C=O) groups is 1. The van der Waals surface area contributed by atoms with Crippen molar-refractivity contribution >= 4 is 35.5 Å². The van der Waals surface area contributed by atoms with Gasteiger partial charge in [0.15, 0.2) is 0 Å². The minimum absolute atomic E-state index is 0.0401. The number of hydrogen-bond acceptors (Lipinski definition) is 8. The first kappa shape index (κ1) is 20.4. The predicted octanol–water partition coefficient (Wildman–Crippen LogP) is 3.45. The molecule has 0 spiro atoms. The molecule has 164 valence electrons. The van der Waals surface area contributed by atoms with Gasteiger partial charge in [-0.1, -0.05) is 30.3 Å². The Hall–Kier alpha value is -2.55. The summed E-state index contributed by atoms with van der Waals surface area (Å²) in [6.45, 7) is 3.87. The number of hydrogen-bond donors (Lipinski definition) is 1. The molecule has 5 rings (SSSR count). The fourth-order valence-corrected chi connectivity index (χ4v) is 5.50. The van der Waals surface area contributed by atoms with Crippen molar-refractivity contribution < 1.29 is 4.79 Å². The summed E-state index contributed by atoms with van der Waals surface area (Å²) in [5, 5.41) is 1.58. The third-order valence-electron chi connectivity index (χ3n) is 6.06. The maximum Gasteiger partial charge on any atom is 0.252 e. The molecule has 1 aromatic carbocycles. The van der Waals surface area contributed by atoms with E-state index in [9.17, 15) is 4.79 Å². The summed E-state index contributed by atoms with van der Waals surface area (Å²) in [4.78, 5) is 31.5. The molecule has 0 bridgehead atoms. The van der Waals surface area contributed by atoms with Crippen LogP contribution < -0.4 is 15.2 Å². The maximum atomic E-state index is 12.7. The lowest BCUT2D eigenvalue weighted by Crippen LogP contribution is -2.37. The van der Waals surface area contributed by atoms with E-state index >= 15 is 0 Å². The Morgan fingerprint density at radius 2 is 1.39 bits per heavy atom. The lowest BCUT2D eigenvalue weighted by atomic mass is 10.1. The highest BCUT2D eigenvalue weighted by Crippen LogP contribution is 2.38. The molecule has 0 unspecified atom stereocenters. The second kappa shape index (κ2) is 9.30. The number of benzene rings is 1. The molecular formula is C22H29N7OS. The maximum absolute atomic E-state index is 12.7. The summed E-state index contributed by atoms with van der Waals surface area (Å²) in [6, 6.07) is 10.1. The third kappa shape index (κ3) is 4.56. The van der Waals surface area contributed by atoms with E-state index in [0.29, 0.717) is 23.6 Å². The highest BCUT2D eigenvalue weighted by Gasteiger charge is 2.34. The van der Waals surface area contributed by atoms with Gasteiger partial charge >= 0.3 is 0 Å². The number of nitrogens with zero attached hydrogens (tertiary/aromatic N) is 6. The number of carbonyl (C=O) groups excluding carboxylic acids is 1. The van der Waals surface area contributed by atoms with Crippen LogP contribution in [0.4, 0.5) is 17.8 Å². The normalized spacial score (nSPS) is 22.1. The van der Waals surface area contributed by atoms with Gasteiger partial charge in [-0.25, -0.2) is 5.01 Å². The van der Waals surface area contributed by atoms with E-state index in [1.165, 1.54) is 12.8 Å². The molecule has 1 amide bonds. The van der Waals surface area contributed by atoms with Crippen LogP contribution in [0.1, 0.15) is 49.5 Å². The molecule has 0 aliphatic carbocycles. The van der Waals surface area contributed by atoms with Gasteiger partial charge in [-0.2, -0.15) is 15.0 Å². The van der Waals surface area contributed by atoms with Gasteiger partial charge < -0.3 is 9.80 Å². The van der Waals surface area contributed by atoms with Crippen LogP contribution in [0.25, 0.3) is 0 Å². The Labute approximate surface area is 187 Å². The number of rotatable bonds is 5. The van der Waals surface area contributed by atoms with Crippen molar-refractivity contribution in [3.63, 3.8) is 0 Å². The van der Waals surface area contributed by atoms with Crippen molar-refractivity contribution in [1.29, 1.82) is 0 Å². The molecule has 8 nitrogen and oxygen atoms in total. The Kier molecular flexibility index (Phi) is 6.11. The van der Waals surface area contributed by atoms with Crippen molar-refractivity contribution in [3.8, 4) is 0 Å². The van der Waals surface area contributed by atoms with Crippen LogP contribution in [0.15, 0.2) is 30.3 Å². The quantitative estimate of drug-likeness (QED) is 0.759. The largest absolute Gasteiger partial charge is 0.341 e. The van der Waals surface area contributed by atoms with E-state index in [1.807, 2.05) is 18.2 Å². The van der Waals surface area contributed by atoms with Gasteiger partial charge in [-0.3, -0.25) is 10.2 Å². The molecule has 4 heterocycles. The van der Waals surface area contributed by atoms with Crippen molar-refractivity contribution in [1.82, 2.24) is 20.0 Å². The number of amides is 1. The summed E-state index contributed by atoms with van der Waals surface area (Å²) >= 11 is 1.62. The van der Waals surface area contributed by atoms with Crippen molar-refractivity contribution in [2.75, 3.05) is 47.2 Å². The van der Waals surface area contributed by atoms with Crippen LogP contribution >= 0.6 is 11.8 Å². The Bertz CT molecular complexity index is 864. The van der Waals surface area contributed by atoms with Gasteiger partial charge in [0, 0.05) is 26.2 Å². The van der Waals surface area contributed by atoms with E-state index < -0.39 is 0 Å². The first-order chi connectivity index (χ1) is 15.3. The smallest absolute Gasteiger partial charge is 0.252 e. The molecule has 0 saturated carbocycles. The average molecular weight is 440 g/mol. The van der Waals surface area contributed by atoms with Gasteiger partial charge in [0.25, 0.3) is 5.91 Å². The molecule has 3 fully saturated rings. The van der Waals surface area contributed by atoms with Crippen LogP contribution in [-0.4, -0.2) is 57.8 Å². The summed E-state index contributed by atoms with van der Waals surface area (Å²) in [6.07, 6.45) is 7.14. The first-order valence-electron chi connectivity index (χ1n) is 11.3. The number of hydrazine groups is 1. The lowest BCUT2D eigenvalue weighted by molar-refractivity contribution is -0.126. The number of thioether (sulfide) groups is 1. The van der Waals surface area contributed by atoms with E-state index in [-0.39, 0.29) is 11.3 Å². The third-order valence-corrected chi connectivity index (χ3v) is 7.28. The second-order valence-corrected chi connectivity index (χ2v) is 9.37. The zero-order valence-electron chi connectivity index (χ0n) is 17.7. The fraction of sp³-hybridized carbons (Fsp3) is 0.545. The molecule has 3 aliphatic heterocycles. The standard InChI is InChI=1S/C22H29N7OS/c30-18-16-31-19(17-10-4-1-5-11-17)29(18)26-20-23-21(27-12-6-2-7-13-27)25-22(24-20)28-14-8-3-9-15-28/h1,4-5,10-11,19H,2-3,6-9,12-16H2,(H,23,24,25,26)/t19-/m0/s1. The topological polar surface area (TPSA) is 77.5 Å². The summed E-state index contributed by atoms with van der Waals surface area (Å²) < 4.78 is 0. The lowest BCUT2D eigenvalue weighted by Gasteiger charge is -2.31. The Morgan fingerprint density at radius 3 is 1.97 bits per heavy atom. The predicted molar refractivity (Wildman–Crippen MR) is 124 cm³/mol. The van der Waals surface area contributed by atoms with E-state index in [1.54, 1.807) is 16.8 Å². The number of piperidine rings is 2. The van der Waals surface area contributed by atoms with Gasteiger partial charge in [0.1, 0.15) is 5.37 Å². The van der Waals surface area contributed by atoms with E-state index in [0.717, 1.165) is 57.4 Å². The molecule has 1 aromatic heterocycles. The minimum atomic E-state index is -0.0951. The van der Waals surface area contributed by atoms with Crippen LogP contribution in [0.3, 0.4) is 0 Å². The van der Waals surface area contributed by atoms with E-state index in [2.05, 4.69) is 27.4 Å². The number of aromatic nitrogens is 3. The van der Waals surface area contributed by atoms with Crippen LogP contribution in [0.5, 0.6) is 0 Å². The van der Waals surface area contributed by atoms with Gasteiger partial charge in [-0.15, -0.1) is 11.8 Å². The molecule has 3 saturated heterocycles. The van der Waals surface area contributed by atoms with Crippen LogP contribution in [-0.2, 0) is 4.79 Å². The summed E-state index contributed by atoms with van der Waals surface area (Å²) in [5.41, 5.74) is 4.34. The fourth-order valence-electron chi connectivity index (χ4n) is 4.39. The van der Waals surface area contributed by atoms with Gasteiger partial charge in [0.05, 0.1) is 5.75 Å². The molecule has 0 radical (unpaired) electrons. The van der Waals surface area contributed by atoms with Gasteiger partial charge in [0.2, 0.25) is 17.8 Å². The van der Waals surface area contributed by atoms with Crippen LogP contribution in [0.2, 0.25) is 0 Å². The average Bonchev–Trinajstić information content (AvgIpc) is 3.20. The highest BCUT2D eigenvalue weighted by atomic mass is 32.2. The first-order valence-corrected chi connectivity index (χ1v) is 12.3. The summed E-state index contributed by atoms with van der Waals surface area (Å²) in [5.74, 6) is 2.36. The van der Waals surface area contributed by atoms with Gasteiger partial charge in [-0.05, 0) is 44.1 Å². The zero-order chi connectivity index (χ0) is 21.0. The molecule has 9 heteroatoms. The summed E-state index contributed by atoms with van der Waals surface area (Å²) in [7, 11) is 0. The molecule has 3 aliphatic rings. The molecule has 2 aromatic rings. The second-order valence-electron chi connectivity index (χ2n) is 8.30. The highest BCUT2D eigenvalue weighted by molar-refractivity contribution is 8.00. The zero-order valence-corrected chi connectivity index (χ0v) is 18.6. The molecule has 1 atom stereocenters. The minimum Gasteiger partial charge on any atom is -0.341 e. The molecule has 31 heavy (non-hydrogen) atoms. The van der Waals surface area contributed by atoms with Crippen molar-refractivity contribution in [2.45, 2.75) is 43.9 Å². The Morgan fingerprint density at radius 1 is 0.806 bits per heavy atom. The van der Waals surface area contributed by atoms with Crippen molar-refractivity contribution in [2.24, 2.45) is 0 Å². The number of anilines is 3. The monoisotopic (exact) mass is 439 g/mol. The van der Waals surface area contributed by atoms with Crippen molar-refractivity contribution in [3.05, 3.63) is 35.9 Å².